The van der Waals surface area contributed by atoms with Crippen molar-refractivity contribution in [2.75, 3.05) is 12.5 Å². The second-order valence-electron chi connectivity index (χ2n) is 4.11. The molecule has 0 bridgehead atoms. The second-order valence-corrected chi connectivity index (χ2v) is 4.11. The Hall–Kier alpha value is -3.03. The number of anilines is 1. The third-order valence-electron chi connectivity index (χ3n) is 2.83. The average Bonchev–Trinajstić information content (AvgIpc) is 3.05. The molecule has 0 unspecified atom stereocenters. The molecule has 3 N–H and O–H groups in total. The van der Waals surface area contributed by atoms with Crippen LogP contribution in [0.2, 0.25) is 0 Å². The Morgan fingerprint density at radius 3 is 3.05 bits per heavy atom. The van der Waals surface area contributed by atoms with Crippen LogP contribution in [0.15, 0.2) is 24.5 Å². The predicted molar refractivity (Wildman–Crippen MR) is 68.7 cm³/mol. The first-order chi connectivity index (χ1) is 9.79. The van der Waals surface area contributed by atoms with Crippen molar-refractivity contribution in [2.24, 2.45) is 0 Å². The molecule has 4 rings (SSSR count). The molecule has 8 nitrogen and oxygen atoms in total. The monoisotopic (exact) mass is 271 g/mol. The van der Waals surface area contributed by atoms with Gasteiger partial charge >= 0.3 is 0 Å². The van der Waals surface area contributed by atoms with Crippen LogP contribution in [-0.4, -0.2) is 26.7 Å². The quantitative estimate of drug-likeness (QED) is 0.726. The molecule has 0 atom stereocenters. The van der Waals surface area contributed by atoms with Crippen molar-refractivity contribution in [3.05, 3.63) is 24.5 Å². The summed E-state index contributed by atoms with van der Waals surface area (Å²) >= 11 is 0. The number of nitrogens with zero attached hydrogens (tertiary/aromatic N) is 3. The SMILES string of the molecule is Nc1nc(Oc2ccc3c(c2)OCO3)c2[nH]cnc2n1. The number of aromatic nitrogens is 4. The molecule has 0 spiro atoms. The highest BCUT2D eigenvalue weighted by Gasteiger charge is 2.16. The smallest absolute Gasteiger partial charge is 0.250 e. The van der Waals surface area contributed by atoms with Gasteiger partial charge in [-0.15, -0.1) is 0 Å². The Morgan fingerprint density at radius 2 is 2.10 bits per heavy atom. The minimum Gasteiger partial charge on any atom is -0.454 e. The second kappa shape index (κ2) is 3.98. The van der Waals surface area contributed by atoms with E-state index in [4.69, 9.17) is 19.9 Å². The number of nitrogen functional groups attached to an aromatic ring is 1. The van der Waals surface area contributed by atoms with Crippen LogP contribution in [0, 0.1) is 0 Å². The highest BCUT2D eigenvalue weighted by atomic mass is 16.7. The zero-order valence-electron chi connectivity index (χ0n) is 10.2. The van der Waals surface area contributed by atoms with E-state index in [0.29, 0.717) is 34.3 Å². The fraction of sp³-hybridized carbons (Fsp3) is 0.0833. The van der Waals surface area contributed by atoms with Crippen molar-refractivity contribution in [3.63, 3.8) is 0 Å². The first-order valence-corrected chi connectivity index (χ1v) is 5.84. The number of nitrogens with one attached hydrogen (secondary N) is 1. The molecule has 0 fully saturated rings. The minimum absolute atomic E-state index is 0.0975. The van der Waals surface area contributed by atoms with Crippen LogP contribution < -0.4 is 19.9 Å². The lowest BCUT2D eigenvalue weighted by atomic mass is 10.3. The third kappa shape index (κ3) is 1.66. The molecular formula is C12H9N5O3. The molecule has 0 amide bonds. The lowest BCUT2D eigenvalue weighted by Crippen LogP contribution is -1.98. The molecule has 0 saturated heterocycles. The number of ether oxygens (including phenoxy) is 3. The zero-order chi connectivity index (χ0) is 13.5. The Balaban J connectivity index is 1.75. The van der Waals surface area contributed by atoms with Gasteiger partial charge in [-0.1, -0.05) is 0 Å². The Morgan fingerprint density at radius 1 is 1.20 bits per heavy atom. The summed E-state index contributed by atoms with van der Waals surface area (Å²) in [5, 5.41) is 0. The van der Waals surface area contributed by atoms with Crippen molar-refractivity contribution in [3.8, 4) is 23.1 Å². The molecule has 3 aromatic rings. The van der Waals surface area contributed by atoms with Crippen LogP contribution in [-0.2, 0) is 0 Å². The van der Waals surface area contributed by atoms with Gasteiger partial charge in [0.2, 0.25) is 12.7 Å². The number of hydrogen-bond acceptors (Lipinski definition) is 7. The molecule has 20 heavy (non-hydrogen) atoms. The minimum atomic E-state index is 0.0975. The number of rotatable bonds is 2. The molecular weight excluding hydrogens is 262 g/mol. The van der Waals surface area contributed by atoms with Crippen LogP contribution in [0.3, 0.4) is 0 Å². The molecule has 0 aliphatic carbocycles. The largest absolute Gasteiger partial charge is 0.454 e. The first kappa shape index (κ1) is 10.9. The topological polar surface area (TPSA) is 108 Å². The van der Waals surface area contributed by atoms with Gasteiger partial charge in [0.15, 0.2) is 17.1 Å². The fourth-order valence-electron chi connectivity index (χ4n) is 1.95. The lowest BCUT2D eigenvalue weighted by molar-refractivity contribution is 0.174. The standard InChI is InChI=1S/C12H9N5O3/c13-12-16-10-9(14-4-15-10)11(17-12)20-6-1-2-7-8(3-6)19-5-18-7/h1-4H,5H2,(H3,13,14,15,16,17). The number of imidazole rings is 1. The molecule has 0 radical (unpaired) electrons. The molecule has 1 aromatic carbocycles. The fourth-order valence-corrected chi connectivity index (χ4v) is 1.95. The number of benzene rings is 1. The van der Waals surface area contributed by atoms with Gasteiger partial charge in [0.05, 0.1) is 6.33 Å². The summed E-state index contributed by atoms with van der Waals surface area (Å²) in [6, 6.07) is 5.25. The van der Waals surface area contributed by atoms with Crippen LogP contribution in [0.25, 0.3) is 11.2 Å². The van der Waals surface area contributed by atoms with E-state index in [1.807, 2.05) is 0 Å². The van der Waals surface area contributed by atoms with Gasteiger partial charge in [-0.3, -0.25) is 0 Å². The number of fused-ring (bicyclic) bond motifs is 2. The third-order valence-corrected chi connectivity index (χ3v) is 2.83. The van der Waals surface area contributed by atoms with E-state index < -0.39 is 0 Å². The maximum absolute atomic E-state index is 5.72. The van der Waals surface area contributed by atoms with E-state index in [1.165, 1.54) is 6.33 Å². The summed E-state index contributed by atoms with van der Waals surface area (Å²) in [5.74, 6) is 2.28. The highest BCUT2D eigenvalue weighted by molar-refractivity contribution is 5.77. The van der Waals surface area contributed by atoms with E-state index in [9.17, 15) is 0 Å². The summed E-state index contributed by atoms with van der Waals surface area (Å²) in [6.07, 6.45) is 1.51. The van der Waals surface area contributed by atoms with Gasteiger partial charge in [0.25, 0.3) is 5.88 Å². The summed E-state index contributed by atoms with van der Waals surface area (Å²) < 4.78 is 16.3. The van der Waals surface area contributed by atoms with Crippen molar-refractivity contribution in [1.29, 1.82) is 0 Å². The number of H-pyrrole nitrogens is 1. The van der Waals surface area contributed by atoms with Crippen LogP contribution in [0.4, 0.5) is 5.95 Å². The Kier molecular flexibility index (Phi) is 2.16. The Labute approximate surface area is 112 Å². The average molecular weight is 271 g/mol. The zero-order valence-corrected chi connectivity index (χ0v) is 10.2. The lowest BCUT2D eigenvalue weighted by Gasteiger charge is -2.06. The summed E-state index contributed by atoms with van der Waals surface area (Å²) in [7, 11) is 0. The van der Waals surface area contributed by atoms with Gasteiger partial charge in [0, 0.05) is 6.07 Å². The molecule has 100 valence electrons. The number of aromatic amines is 1. The van der Waals surface area contributed by atoms with E-state index >= 15 is 0 Å². The summed E-state index contributed by atoms with van der Waals surface area (Å²) in [6.45, 7) is 0.212. The van der Waals surface area contributed by atoms with Crippen molar-refractivity contribution < 1.29 is 14.2 Å². The maximum Gasteiger partial charge on any atom is 0.250 e. The summed E-state index contributed by atoms with van der Waals surface area (Å²) in [4.78, 5) is 15.0. The van der Waals surface area contributed by atoms with E-state index in [0.717, 1.165) is 0 Å². The van der Waals surface area contributed by atoms with Gasteiger partial charge < -0.3 is 24.9 Å². The van der Waals surface area contributed by atoms with E-state index in [2.05, 4.69) is 19.9 Å². The predicted octanol–water partition coefficient (Wildman–Crippen LogP) is 1.46. The number of nitrogens with two attached hydrogens (primary N) is 1. The highest BCUT2D eigenvalue weighted by Crippen LogP contribution is 2.37. The van der Waals surface area contributed by atoms with Crippen LogP contribution in [0.5, 0.6) is 23.1 Å². The molecule has 2 aromatic heterocycles. The molecule has 3 heterocycles. The van der Waals surface area contributed by atoms with Crippen molar-refractivity contribution in [2.45, 2.75) is 0 Å². The normalized spacial score (nSPS) is 12.8. The molecule has 8 heteroatoms. The summed E-state index contributed by atoms with van der Waals surface area (Å²) in [5.41, 5.74) is 6.66. The molecule has 0 saturated carbocycles. The molecule has 1 aliphatic heterocycles. The van der Waals surface area contributed by atoms with Crippen LogP contribution in [0.1, 0.15) is 0 Å². The maximum atomic E-state index is 5.72. The van der Waals surface area contributed by atoms with E-state index in [-0.39, 0.29) is 12.7 Å². The van der Waals surface area contributed by atoms with Gasteiger partial charge in [-0.2, -0.15) is 9.97 Å². The van der Waals surface area contributed by atoms with Crippen LogP contribution >= 0.6 is 0 Å². The van der Waals surface area contributed by atoms with Gasteiger partial charge in [-0.25, -0.2) is 4.98 Å². The molecule has 1 aliphatic rings. The Bertz CT molecular complexity index is 801. The van der Waals surface area contributed by atoms with Gasteiger partial charge in [-0.05, 0) is 12.1 Å². The van der Waals surface area contributed by atoms with Gasteiger partial charge in [0.1, 0.15) is 11.3 Å². The van der Waals surface area contributed by atoms with Crippen molar-refractivity contribution >= 4 is 17.1 Å². The van der Waals surface area contributed by atoms with Crippen molar-refractivity contribution in [1.82, 2.24) is 19.9 Å². The van der Waals surface area contributed by atoms with E-state index in [1.54, 1.807) is 18.2 Å². The first-order valence-electron chi connectivity index (χ1n) is 5.84. The number of hydrogen-bond donors (Lipinski definition) is 2.